The van der Waals surface area contributed by atoms with E-state index in [2.05, 4.69) is 28.0 Å². The molecule has 7 nitrogen and oxygen atoms in total. The number of carbonyl (C=O) groups excluding carboxylic acids is 2. The van der Waals surface area contributed by atoms with Crippen LogP contribution in [0, 0.1) is 12.3 Å². The van der Waals surface area contributed by atoms with Crippen LogP contribution in [0.25, 0.3) is 0 Å². The fourth-order valence-corrected chi connectivity index (χ4v) is 5.12. The third-order valence-electron chi connectivity index (χ3n) is 5.98. The monoisotopic (exact) mass is 432 g/mol. The van der Waals surface area contributed by atoms with Gasteiger partial charge < -0.3 is 19.9 Å². The molecule has 0 radical (unpaired) electrons. The normalized spacial score (nSPS) is 20.5. The van der Waals surface area contributed by atoms with Gasteiger partial charge >= 0.3 is 6.09 Å². The zero-order valence-electron chi connectivity index (χ0n) is 17.8. The largest absolute Gasteiger partial charge is 0.436 e. The van der Waals surface area contributed by atoms with Crippen molar-refractivity contribution in [3.8, 4) is 12.3 Å². The van der Waals surface area contributed by atoms with E-state index >= 15 is 0 Å². The predicted octanol–water partition coefficient (Wildman–Crippen LogP) is 3.09. The highest BCUT2D eigenvalue weighted by Gasteiger charge is 2.27. The second kappa shape index (κ2) is 11.3. The van der Waals surface area contributed by atoms with Gasteiger partial charge in [0.1, 0.15) is 5.69 Å². The number of hydrogen-bond donors (Lipinski definition) is 1. The average Bonchev–Trinajstić information content (AvgIpc) is 3.26. The Kier molecular flexibility index (Phi) is 8.52. The third kappa shape index (κ3) is 6.19. The number of carbonyl (C=O) groups is 2. The molecule has 2 aliphatic heterocycles. The van der Waals surface area contributed by atoms with Crippen molar-refractivity contribution in [1.82, 2.24) is 20.1 Å². The molecule has 0 aromatic carbocycles. The highest BCUT2D eigenvalue weighted by Crippen LogP contribution is 2.30. The van der Waals surface area contributed by atoms with Crippen LogP contribution in [0.5, 0.6) is 0 Å². The SMILES string of the molecule is C#CCOC(=O)N1CCC(c2nc(C(=O)NCCCN3CCCCC3C)cs2)CC1. The van der Waals surface area contributed by atoms with Crippen LogP contribution >= 0.6 is 11.3 Å². The lowest BCUT2D eigenvalue weighted by atomic mass is 9.98. The fourth-order valence-electron chi connectivity index (χ4n) is 4.15. The molecule has 1 aromatic rings. The van der Waals surface area contributed by atoms with Gasteiger partial charge in [-0.1, -0.05) is 12.3 Å². The maximum Gasteiger partial charge on any atom is 0.410 e. The molecular weight excluding hydrogens is 400 g/mol. The Morgan fingerprint density at radius 1 is 1.30 bits per heavy atom. The summed E-state index contributed by atoms with van der Waals surface area (Å²) in [6.07, 6.45) is 11.2. The van der Waals surface area contributed by atoms with Crippen LogP contribution < -0.4 is 5.32 Å². The molecule has 0 aliphatic carbocycles. The van der Waals surface area contributed by atoms with E-state index in [1.165, 1.54) is 37.1 Å². The number of thiazole rings is 1. The van der Waals surface area contributed by atoms with Gasteiger partial charge in [-0.15, -0.1) is 17.8 Å². The van der Waals surface area contributed by atoms with Gasteiger partial charge in [-0.2, -0.15) is 0 Å². The molecule has 0 saturated carbocycles. The molecule has 2 aliphatic rings. The summed E-state index contributed by atoms with van der Waals surface area (Å²) in [5.41, 5.74) is 0.497. The van der Waals surface area contributed by atoms with Crippen LogP contribution in [0.2, 0.25) is 0 Å². The van der Waals surface area contributed by atoms with E-state index in [0.717, 1.165) is 30.8 Å². The topological polar surface area (TPSA) is 74.8 Å². The Morgan fingerprint density at radius 3 is 2.83 bits per heavy atom. The minimum Gasteiger partial charge on any atom is -0.436 e. The van der Waals surface area contributed by atoms with Crippen molar-refractivity contribution in [1.29, 1.82) is 0 Å². The lowest BCUT2D eigenvalue weighted by Gasteiger charge is -2.33. The number of rotatable bonds is 7. The number of nitrogens with one attached hydrogen (secondary N) is 1. The van der Waals surface area contributed by atoms with Crippen molar-refractivity contribution in [3.05, 3.63) is 16.1 Å². The fraction of sp³-hybridized carbons (Fsp3) is 0.682. The highest BCUT2D eigenvalue weighted by atomic mass is 32.1. The predicted molar refractivity (Wildman–Crippen MR) is 118 cm³/mol. The molecular formula is C22H32N4O3S. The van der Waals surface area contributed by atoms with Crippen molar-refractivity contribution >= 4 is 23.3 Å². The van der Waals surface area contributed by atoms with Crippen molar-refractivity contribution < 1.29 is 14.3 Å². The summed E-state index contributed by atoms with van der Waals surface area (Å²) in [4.78, 5) is 33.1. The first-order chi connectivity index (χ1) is 14.6. The summed E-state index contributed by atoms with van der Waals surface area (Å²) in [7, 11) is 0. The molecule has 2 fully saturated rings. The molecule has 0 spiro atoms. The first kappa shape index (κ1) is 22.6. The van der Waals surface area contributed by atoms with E-state index in [0.29, 0.717) is 31.4 Å². The number of hydrogen-bond acceptors (Lipinski definition) is 6. The zero-order chi connectivity index (χ0) is 21.3. The first-order valence-electron chi connectivity index (χ1n) is 10.9. The minimum absolute atomic E-state index is 0.000765. The quantitative estimate of drug-likeness (QED) is 0.529. The lowest BCUT2D eigenvalue weighted by molar-refractivity contribution is 0.0944. The first-order valence-corrected chi connectivity index (χ1v) is 11.8. The molecule has 3 heterocycles. The number of nitrogens with zero attached hydrogens (tertiary/aromatic N) is 3. The van der Waals surface area contributed by atoms with Crippen LogP contribution in [0.1, 0.15) is 66.9 Å². The molecule has 2 saturated heterocycles. The van der Waals surface area contributed by atoms with Crippen molar-refractivity contribution in [3.63, 3.8) is 0 Å². The summed E-state index contributed by atoms with van der Waals surface area (Å²) < 4.78 is 4.98. The number of aromatic nitrogens is 1. The van der Waals surface area contributed by atoms with Gasteiger partial charge in [0.05, 0.1) is 5.01 Å². The van der Waals surface area contributed by atoms with Crippen molar-refractivity contribution in [2.24, 2.45) is 0 Å². The van der Waals surface area contributed by atoms with Crippen LogP contribution in [-0.4, -0.2) is 72.2 Å². The summed E-state index contributed by atoms with van der Waals surface area (Å²) in [6.45, 7) is 6.40. The van der Waals surface area contributed by atoms with E-state index in [1.807, 2.05) is 5.38 Å². The van der Waals surface area contributed by atoms with E-state index < -0.39 is 0 Å². The van der Waals surface area contributed by atoms with Gasteiger partial charge in [-0.05, 0) is 45.6 Å². The van der Waals surface area contributed by atoms with Crippen LogP contribution in [0.3, 0.4) is 0 Å². The molecule has 1 atom stereocenters. The maximum absolute atomic E-state index is 12.4. The molecule has 1 unspecified atom stereocenters. The van der Waals surface area contributed by atoms with Gasteiger partial charge in [-0.3, -0.25) is 4.79 Å². The maximum atomic E-state index is 12.4. The summed E-state index contributed by atoms with van der Waals surface area (Å²) in [5.74, 6) is 2.48. The van der Waals surface area contributed by atoms with Crippen molar-refractivity contribution in [2.75, 3.05) is 39.3 Å². The summed E-state index contributed by atoms with van der Waals surface area (Å²) in [5, 5.41) is 5.81. The third-order valence-corrected chi connectivity index (χ3v) is 6.99. The van der Waals surface area contributed by atoms with E-state index in [4.69, 9.17) is 11.2 Å². The van der Waals surface area contributed by atoms with Crippen molar-refractivity contribution in [2.45, 2.75) is 57.4 Å². The molecule has 0 bridgehead atoms. The molecule has 2 amide bonds. The van der Waals surface area contributed by atoms with Crippen LogP contribution in [0.15, 0.2) is 5.38 Å². The number of terminal acetylenes is 1. The Morgan fingerprint density at radius 2 is 2.10 bits per heavy atom. The second-order valence-electron chi connectivity index (χ2n) is 8.08. The number of piperidine rings is 2. The average molecular weight is 433 g/mol. The molecule has 8 heteroatoms. The Balaban J connectivity index is 1.38. The van der Waals surface area contributed by atoms with Gasteiger partial charge in [0.25, 0.3) is 5.91 Å². The van der Waals surface area contributed by atoms with Gasteiger partial charge in [0.15, 0.2) is 6.61 Å². The molecule has 3 rings (SSSR count). The Labute approximate surface area is 183 Å². The second-order valence-corrected chi connectivity index (χ2v) is 8.97. The molecule has 164 valence electrons. The highest BCUT2D eigenvalue weighted by molar-refractivity contribution is 7.09. The van der Waals surface area contributed by atoms with Gasteiger partial charge in [0.2, 0.25) is 0 Å². The molecule has 1 N–H and O–H groups in total. The molecule has 1 aromatic heterocycles. The van der Waals surface area contributed by atoms with Crippen LogP contribution in [-0.2, 0) is 4.74 Å². The number of likely N-dealkylation sites (tertiary alicyclic amines) is 2. The van der Waals surface area contributed by atoms with E-state index in [-0.39, 0.29) is 24.5 Å². The summed E-state index contributed by atoms with van der Waals surface area (Å²) >= 11 is 1.53. The lowest BCUT2D eigenvalue weighted by Crippen LogP contribution is -2.39. The van der Waals surface area contributed by atoms with Gasteiger partial charge in [0, 0.05) is 43.5 Å². The Bertz CT molecular complexity index is 752. The summed E-state index contributed by atoms with van der Waals surface area (Å²) in [6, 6.07) is 0.654. The smallest absolute Gasteiger partial charge is 0.410 e. The van der Waals surface area contributed by atoms with E-state index in [9.17, 15) is 9.59 Å². The molecule has 30 heavy (non-hydrogen) atoms. The Hall–Kier alpha value is -2.11. The van der Waals surface area contributed by atoms with Gasteiger partial charge in [-0.25, -0.2) is 9.78 Å². The minimum atomic E-state index is -0.357. The van der Waals surface area contributed by atoms with Crippen LogP contribution in [0.4, 0.5) is 4.79 Å². The standard InChI is InChI=1S/C22H32N4O3S/c1-3-15-29-22(28)26-13-8-18(9-14-26)21-24-19(16-30-21)20(27)23-10-6-12-25-11-5-4-7-17(25)2/h1,16-18H,4-15H2,2H3,(H,23,27). The van der Waals surface area contributed by atoms with E-state index in [1.54, 1.807) is 4.90 Å². The number of amides is 2. The zero-order valence-corrected chi connectivity index (χ0v) is 18.6. The number of ether oxygens (including phenoxy) is 1.